The Labute approximate surface area is 187 Å². The van der Waals surface area contributed by atoms with Crippen LogP contribution < -0.4 is 9.64 Å². The molecule has 9 nitrogen and oxygen atoms in total. The molecule has 4 heterocycles. The van der Waals surface area contributed by atoms with Gasteiger partial charge in [0, 0.05) is 51.0 Å². The van der Waals surface area contributed by atoms with Crippen molar-refractivity contribution in [3.63, 3.8) is 0 Å². The number of benzene rings is 1. The van der Waals surface area contributed by atoms with Crippen LogP contribution in [0.4, 0.5) is 5.69 Å². The molecule has 0 saturated carbocycles. The van der Waals surface area contributed by atoms with E-state index in [2.05, 4.69) is 42.1 Å². The van der Waals surface area contributed by atoms with Gasteiger partial charge in [0.25, 0.3) is 0 Å². The Bertz CT molecular complexity index is 1040. The van der Waals surface area contributed by atoms with Crippen LogP contribution in [0.25, 0.3) is 10.9 Å². The molecule has 0 bridgehead atoms. The van der Waals surface area contributed by atoms with E-state index in [4.69, 9.17) is 13.9 Å². The van der Waals surface area contributed by atoms with Crippen molar-refractivity contribution >= 4 is 16.6 Å². The molecular weight excluding hydrogens is 408 g/mol. The number of nitrogens with zero attached hydrogens (tertiary/aromatic N) is 6. The van der Waals surface area contributed by atoms with Crippen molar-refractivity contribution in [2.75, 3.05) is 44.3 Å². The van der Waals surface area contributed by atoms with Gasteiger partial charge < -0.3 is 18.8 Å². The van der Waals surface area contributed by atoms with Gasteiger partial charge in [-0.2, -0.15) is 0 Å². The van der Waals surface area contributed by atoms with E-state index in [1.54, 1.807) is 6.33 Å². The van der Waals surface area contributed by atoms with Gasteiger partial charge in [0.05, 0.1) is 23.6 Å². The third kappa shape index (κ3) is 4.68. The van der Waals surface area contributed by atoms with Crippen LogP contribution in [0.2, 0.25) is 0 Å². The number of piperazine rings is 1. The largest absolute Gasteiger partial charge is 0.474 e. The SMILES string of the molecule is CC(C)Oc1ncnc2ccc(N3CCN(Cc4nnc(C5CCOCC5)o4)CC3)cc12. The van der Waals surface area contributed by atoms with Crippen LogP contribution in [0.3, 0.4) is 0 Å². The number of ether oxygens (including phenoxy) is 2. The lowest BCUT2D eigenvalue weighted by Crippen LogP contribution is -2.46. The summed E-state index contributed by atoms with van der Waals surface area (Å²) in [6.07, 6.45) is 3.54. The summed E-state index contributed by atoms with van der Waals surface area (Å²) in [4.78, 5) is 13.5. The molecule has 2 aliphatic rings. The van der Waals surface area contributed by atoms with Gasteiger partial charge in [-0.05, 0) is 44.9 Å². The Morgan fingerprint density at radius 1 is 1.06 bits per heavy atom. The Morgan fingerprint density at radius 3 is 2.66 bits per heavy atom. The second kappa shape index (κ2) is 9.38. The summed E-state index contributed by atoms with van der Waals surface area (Å²) in [7, 11) is 0. The van der Waals surface area contributed by atoms with E-state index in [0.29, 0.717) is 24.2 Å². The van der Waals surface area contributed by atoms with Crippen molar-refractivity contribution in [2.24, 2.45) is 0 Å². The molecule has 0 unspecified atom stereocenters. The first-order valence-electron chi connectivity index (χ1n) is 11.4. The maximum atomic E-state index is 5.97. The average Bonchev–Trinajstić information content (AvgIpc) is 3.28. The van der Waals surface area contributed by atoms with Gasteiger partial charge in [0.2, 0.25) is 17.7 Å². The number of hydrogen-bond donors (Lipinski definition) is 0. The summed E-state index contributed by atoms with van der Waals surface area (Å²) < 4.78 is 17.3. The van der Waals surface area contributed by atoms with Crippen LogP contribution in [-0.4, -0.2) is 70.6 Å². The minimum absolute atomic E-state index is 0.0666. The molecule has 0 aliphatic carbocycles. The van der Waals surface area contributed by atoms with E-state index in [-0.39, 0.29) is 6.10 Å². The summed E-state index contributed by atoms with van der Waals surface area (Å²) in [5, 5.41) is 9.53. The van der Waals surface area contributed by atoms with Crippen LogP contribution in [0.1, 0.15) is 44.4 Å². The Morgan fingerprint density at radius 2 is 1.88 bits per heavy atom. The highest BCUT2D eigenvalue weighted by Gasteiger charge is 2.24. The fourth-order valence-corrected chi connectivity index (χ4v) is 4.33. The van der Waals surface area contributed by atoms with E-state index in [1.807, 2.05) is 19.9 Å². The third-order valence-corrected chi connectivity index (χ3v) is 6.08. The van der Waals surface area contributed by atoms with Gasteiger partial charge in [0.1, 0.15) is 6.33 Å². The molecule has 0 radical (unpaired) electrons. The molecule has 2 saturated heterocycles. The molecule has 2 aliphatic heterocycles. The highest BCUT2D eigenvalue weighted by molar-refractivity contribution is 5.86. The predicted octanol–water partition coefficient (Wildman–Crippen LogP) is 3.02. The predicted molar refractivity (Wildman–Crippen MR) is 120 cm³/mol. The standard InChI is InChI=1S/C23H30N6O3/c1-16(2)31-23-19-13-18(3-4-20(19)24-15-25-23)29-9-7-28(8-10-29)14-21-26-27-22(32-21)17-5-11-30-12-6-17/h3-4,13,15-17H,5-12,14H2,1-2H3. The summed E-state index contributed by atoms with van der Waals surface area (Å²) in [5.41, 5.74) is 2.06. The molecule has 32 heavy (non-hydrogen) atoms. The lowest BCUT2D eigenvalue weighted by molar-refractivity contribution is 0.0788. The van der Waals surface area contributed by atoms with E-state index in [9.17, 15) is 0 Å². The first kappa shape index (κ1) is 21.1. The topological polar surface area (TPSA) is 89.6 Å². The van der Waals surface area contributed by atoms with Gasteiger partial charge in [0.15, 0.2) is 0 Å². The lowest BCUT2D eigenvalue weighted by atomic mass is 10.0. The van der Waals surface area contributed by atoms with Crippen LogP contribution >= 0.6 is 0 Å². The number of hydrogen-bond acceptors (Lipinski definition) is 9. The molecule has 5 rings (SSSR count). The average molecular weight is 439 g/mol. The summed E-state index contributed by atoms with van der Waals surface area (Å²) in [6, 6.07) is 6.31. The lowest BCUT2D eigenvalue weighted by Gasteiger charge is -2.35. The molecule has 0 spiro atoms. The quantitative estimate of drug-likeness (QED) is 0.576. The van der Waals surface area contributed by atoms with Crippen molar-refractivity contribution in [3.8, 4) is 5.88 Å². The van der Waals surface area contributed by atoms with Crippen molar-refractivity contribution in [1.29, 1.82) is 0 Å². The van der Waals surface area contributed by atoms with Crippen LogP contribution in [0.5, 0.6) is 5.88 Å². The molecule has 170 valence electrons. The number of rotatable bonds is 6. The van der Waals surface area contributed by atoms with Crippen LogP contribution in [-0.2, 0) is 11.3 Å². The maximum absolute atomic E-state index is 5.97. The number of anilines is 1. The first-order chi connectivity index (χ1) is 15.7. The smallest absolute Gasteiger partial charge is 0.230 e. The van der Waals surface area contributed by atoms with E-state index in [0.717, 1.165) is 69.0 Å². The monoisotopic (exact) mass is 438 g/mol. The second-order valence-corrected chi connectivity index (χ2v) is 8.73. The van der Waals surface area contributed by atoms with Crippen molar-refractivity contribution in [2.45, 2.75) is 45.3 Å². The third-order valence-electron chi connectivity index (χ3n) is 6.08. The number of fused-ring (bicyclic) bond motifs is 1. The van der Waals surface area contributed by atoms with Gasteiger partial charge in [-0.25, -0.2) is 9.97 Å². The van der Waals surface area contributed by atoms with Crippen molar-refractivity contribution < 1.29 is 13.9 Å². The normalized spacial score (nSPS) is 18.5. The van der Waals surface area contributed by atoms with Crippen molar-refractivity contribution in [1.82, 2.24) is 25.1 Å². The highest BCUT2D eigenvalue weighted by atomic mass is 16.5. The summed E-state index contributed by atoms with van der Waals surface area (Å²) >= 11 is 0. The zero-order chi connectivity index (χ0) is 21.9. The van der Waals surface area contributed by atoms with Gasteiger partial charge in [-0.1, -0.05) is 0 Å². The Balaban J connectivity index is 1.21. The minimum atomic E-state index is 0.0666. The zero-order valence-electron chi connectivity index (χ0n) is 18.7. The molecule has 3 aromatic rings. The van der Waals surface area contributed by atoms with E-state index < -0.39 is 0 Å². The van der Waals surface area contributed by atoms with Crippen LogP contribution in [0.15, 0.2) is 28.9 Å². The molecule has 9 heteroatoms. The maximum Gasteiger partial charge on any atom is 0.230 e. The molecule has 1 aromatic carbocycles. The second-order valence-electron chi connectivity index (χ2n) is 8.73. The molecular formula is C23H30N6O3. The zero-order valence-corrected chi connectivity index (χ0v) is 18.7. The minimum Gasteiger partial charge on any atom is -0.474 e. The molecule has 0 N–H and O–H groups in total. The fourth-order valence-electron chi connectivity index (χ4n) is 4.33. The van der Waals surface area contributed by atoms with Gasteiger partial charge in [-0.15, -0.1) is 10.2 Å². The first-order valence-corrected chi connectivity index (χ1v) is 11.4. The van der Waals surface area contributed by atoms with Gasteiger partial charge in [-0.3, -0.25) is 4.90 Å². The van der Waals surface area contributed by atoms with Gasteiger partial charge >= 0.3 is 0 Å². The number of aromatic nitrogens is 4. The van der Waals surface area contributed by atoms with E-state index >= 15 is 0 Å². The Kier molecular flexibility index (Phi) is 6.18. The molecule has 2 aromatic heterocycles. The molecule has 0 atom stereocenters. The fraction of sp³-hybridized carbons (Fsp3) is 0.565. The van der Waals surface area contributed by atoms with Crippen molar-refractivity contribution in [3.05, 3.63) is 36.3 Å². The Hall–Kier alpha value is -2.78. The summed E-state index contributed by atoms with van der Waals surface area (Å²) in [5.74, 6) is 2.45. The van der Waals surface area contributed by atoms with Crippen LogP contribution in [0, 0.1) is 0 Å². The highest BCUT2D eigenvalue weighted by Crippen LogP contribution is 2.29. The van der Waals surface area contributed by atoms with E-state index in [1.165, 1.54) is 5.69 Å². The molecule has 0 amide bonds. The molecule has 2 fully saturated rings. The summed E-state index contributed by atoms with van der Waals surface area (Å²) in [6.45, 7) is 10.00.